The summed E-state index contributed by atoms with van der Waals surface area (Å²) in [5, 5.41) is 17.6. The molecule has 1 aromatic carbocycles. The zero-order valence-electron chi connectivity index (χ0n) is 23.4. The number of nitrogens with one attached hydrogen (secondary N) is 4. The summed E-state index contributed by atoms with van der Waals surface area (Å²) >= 11 is 0. The fourth-order valence-corrected chi connectivity index (χ4v) is 4.09. The number of nitrogens with zero attached hydrogens (tertiary/aromatic N) is 2. The van der Waals surface area contributed by atoms with Gasteiger partial charge in [-0.05, 0) is 30.7 Å². The number of benzene rings is 1. The maximum absolute atomic E-state index is 13.5. The molecule has 0 fully saturated rings. The van der Waals surface area contributed by atoms with Gasteiger partial charge in [-0.25, -0.2) is 9.78 Å². The van der Waals surface area contributed by atoms with Crippen LogP contribution in [0.2, 0.25) is 0 Å². The largest absolute Gasteiger partial charge is 0.480 e. The monoisotopic (exact) mass is 571 g/mol. The lowest BCUT2D eigenvalue weighted by atomic mass is 10.0. The first kappa shape index (κ1) is 32.8. The second-order valence-electron chi connectivity index (χ2n) is 10.2. The number of aromatic amines is 1. The Morgan fingerprint density at radius 3 is 2.17 bits per heavy atom. The number of aliphatic imine (C=N–C) groups is 1. The van der Waals surface area contributed by atoms with Gasteiger partial charge in [0.1, 0.15) is 18.1 Å². The van der Waals surface area contributed by atoms with E-state index in [1.54, 1.807) is 30.3 Å². The van der Waals surface area contributed by atoms with E-state index >= 15 is 0 Å². The van der Waals surface area contributed by atoms with Crippen molar-refractivity contribution in [2.24, 2.45) is 28.1 Å². The molecular formula is C27H41N9O5. The molecule has 0 aliphatic rings. The molecule has 0 aliphatic carbocycles. The van der Waals surface area contributed by atoms with E-state index in [-0.39, 0.29) is 37.7 Å². The van der Waals surface area contributed by atoms with Crippen LogP contribution < -0.4 is 33.2 Å². The third kappa shape index (κ3) is 12.1. The highest BCUT2D eigenvalue weighted by atomic mass is 16.4. The Morgan fingerprint density at radius 2 is 1.59 bits per heavy atom. The van der Waals surface area contributed by atoms with E-state index < -0.39 is 47.9 Å². The van der Waals surface area contributed by atoms with E-state index in [9.17, 15) is 24.3 Å². The standard InChI is InChI=1S/C27H41N9O5/c1-16(2)11-19(28)23(37)35-21(13-18-14-31-15-33-18)25(39)34-20(9-6-10-32-27(29)30)24(38)36-22(26(40)41)12-17-7-4-3-5-8-17/h3-5,7-8,14-16,19-22H,6,9-13,28H2,1-2H3,(H,31,33)(H,34,39)(H,35,37)(H,36,38)(H,40,41)(H4,29,30,32). The van der Waals surface area contributed by atoms with Gasteiger partial charge in [-0.3, -0.25) is 19.4 Å². The van der Waals surface area contributed by atoms with Crippen molar-refractivity contribution in [3.63, 3.8) is 0 Å². The van der Waals surface area contributed by atoms with E-state index in [2.05, 4.69) is 30.9 Å². The SMILES string of the molecule is CC(C)CC(N)C(=O)NC(Cc1cnc[nH]1)C(=O)NC(CCCN=C(N)N)C(=O)NC(Cc1ccccc1)C(=O)O. The van der Waals surface area contributed by atoms with E-state index in [4.69, 9.17) is 17.2 Å². The van der Waals surface area contributed by atoms with E-state index in [1.807, 2.05) is 13.8 Å². The van der Waals surface area contributed by atoms with Gasteiger partial charge >= 0.3 is 5.97 Å². The Kier molecular flexibility index (Phi) is 13.3. The van der Waals surface area contributed by atoms with Gasteiger partial charge in [0.05, 0.1) is 12.4 Å². The number of guanidine groups is 1. The number of aromatic nitrogens is 2. The summed E-state index contributed by atoms with van der Waals surface area (Å²) in [6, 6.07) is 4.54. The number of hydrogen-bond acceptors (Lipinski definition) is 7. The van der Waals surface area contributed by atoms with Crippen LogP contribution >= 0.6 is 0 Å². The zero-order valence-corrected chi connectivity index (χ0v) is 23.4. The summed E-state index contributed by atoms with van der Waals surface area (Å²) in [5.74, 6) is -3.05. The molecule has 224 valence electrons. The summed E-state index contributed by atoms with van der Waals surface area (Å²) in [4.78, 5) is 62.2. The Hall–Kier alpha value is -4.46. The van der Waals surface area contributed by atoms with Crippen LogP contribution in [0.4, 0.5) is 0 Å². The van der Waals surface area contributed by atoms with Crippen LogP contribution in [0.1, 0.15) is 44.4 Å². The summed E-state index contributed by atoms with van der Waals surface area (Å²) in [5.41, 5.74) is 18.1. The number of rotatable bonds is 17. The van der Waals surface area contributed by atoms with E-state index in [0.29, 0.717) is 24.1 Å². The minimum absolute atomic E-state index is 0.0445. The zero-order chi connectivity index (χ0) is 30.4. The maximum atomic E-state index is 13.5. The molecular weight excluding hydrogens is 530 g/mol. The molecule has 3 amide bonds. The fourth-order valence-electron chi connectivity index (χ4n) is 4.09. The Balaban J connectivity index is 2.22. The molecule has 0 spiro atoms. The number of carbonyl (C=O) groups is 4. The Bertz CT molecular complexity index is 1150. The number of imidazole rings is 1. The summed E-state index contributed by atoms with van der Waals surface area (Å²) in [7, 11) is 0. The van der Waals surface area contributed by atoms with Crippen LogP contribution in [-0.2, 0) is 32.0 Å². The van der Waals surface area contributed by atoms with Crippen molar-refractivity contribution in [2.45, 2.75) is 70.1 Å². The summed E-state index contributed by atoms with van der Waals surface area (Å²) in [6.45, 7) is 4.04. The van der Waals surface area contributed by atoms with Crippen LogP contribution in [0.25, 0.3) is 0 Å². The lowest BCUT2D eigenvalue weighted by molar-refractivity contribution is -0.142. The average molecular weight is 572 g/mol. The average Bonchev–Trinajstić information content (AvgIpc) is 3.42. The van der Waals surface area contributed by atoms with Gasteiger partial charge in [-0.2, -0.15) is 0 Å². The van der Waals surface area contributed by atoms with Crippen molar-refractivity contribution in [1.29, 1.82) is 0 Å². The highest BCUT2D eigenvalue weighted by Gasteiger charge is 2.31. The molecule has 0 radical (unpaired) electrons. The first-order chi connectivity index (χ1) is 19.5. The van der Waals surface area contributed by atoms with Crippen molar-refractivity contribution in [2.75, 3.05) is 6.54 Å². The van der Waals surface area contributed by atoms with Gasteiger partial charge in [0.25, 0.3) is 0 Å². The van der Waals surface area contributed by atoms with Crippen LogP contribution in [0.15, 0.2) is 47.8 Å². The second-order valence-corrected chi connectivity index (χ2v) is 10.2. The quantitative estimate of drug-likeness (QED) is 0.0669. The molecule has 1 heterocycles. The number of carboxylic acid groups (broad SMARTS) is 1. The molecule has 1 aromatic heterocycles. The first-order valence-corrected chi connectivity index (χ1v) is 13.4. The summed E-state index contributed by atoms with van der Waals surface area (Å²) < 4.78 is 0. The molecule has 14 heteroatoms. The van der Waals surface area contributed by atoms with Gasteiger partial charge in [0.15, 0.2) is 5.96 Å². The van der Waals surface area contributed by atoms with Gasteiger partial charge in [-0.1, -0.05) is 44.2 Å². The lowest BCUT2D eigenvalue weighted by Crippen LogP contribution is -2.58. The third-order valence-corrected chi connectivity index (χ3v) is 6.15. The molecule has 2 aromatic rings. The molecule has 41 heavy (non-hydrogen) atoms. The van der Waals surface area contributed by atoms with Crippen LogP contribution in [-0.4, -0.2) is 75.4 Å². The van der Waals surface area contributed by atoms with Gasteiger partial charge in [-0.15, -0.1) is 0 Å². The number of hydrogen-bond donors (Lipinski definition) is 8. The van der Waals surface area contributed by atoms with Crippen molar-refractivity contribution in [3.8, 4) is 0 Å². The van der Waals surface area contributed by atoms with Crippen molar-refractivity contribution in [3.05, 3.63) is 54.1 Å². The number of carboxylic acids is 1. The highest BCUT2D eigenvalue weighted by molar-refractivity contribution is 5.94. The van der Waals surface area contributed by atoms with Crippen LogP contribution in [0.3, 0.4) is 0 Å². The number of H-pyrrole nitrogens is 1. The number of aliphatic carboxylic acids is 1. The van der Waals surface area contributed by atoms with Gasteiger partial charge in [0, 0.05) is 31.3 Å². The lowest BCUT2D eigenvalue weighted by Gasteiger charge is -2.25. The van der Waals surface area contributed by atoms with E-state index in [1.165, 1.54) is 12.5 Å². The smallest absolute Gasteiger partial charge is 0.326 e. The molecule has 0 saturated carbocycles. The number of amides is 3. The minimum Gasteiger partial charge on any atom is -0.480 e. The highest BCUT2D eigenvalue weighted by Crippen LogP contribution is 2.08. The summed E-state index contributed by atoms with van der Waals surface area (Å²) in [6.07, 6.45) is 3.88. The van der Waals surface area contributed by atoms with Crippen LogP contribution in [0, 0.1) is 5.92 Å². The van der Waals surface area contributed by atoms with E-state index in [0.717, 1.165) is 0 Å². The van der Waals surface area contributed by atoms with Crippen molar-refractivity contribution >= 4 is 29.7 Å². The normalized spacial score (nSPS) is 13.9. The first-order valence-electron chi connectivity index (χ1n) is 13.4. The minimum atomic E-state index is -1.24. The topological polar surface area (TPSA) is 244 Å². The molecule has 0 aliphatic heterocycles. The Morgan fingerprint density at radius 1 is 0.951 bits per heavy atom. The Labute approximate surface area is 238 Å². The van der Waals surface area contributed by atoms with Gasteiger partial charge in [0.2, 0.25) is 17.7 Å². The number of carbonyl (C=O) groups excluding carboxylic acids is 3. The molecule has 4 atom stereocenters. The van der Waals surface area contributed by atoms with Crippen molar-refractivity contribution < 1.29 is 24.3 Å². The molecule has 14 nitrogen and oxygen atoms in total. The molecule has 11 N–H and O–H groups in total. The molecule has 4 unspecified atom stereocenters. The predicted octanol–water partition coefficient (Wildman–Crippen LogP) is -0.839. The number of nitrogens with two attached hydrogens (primary N) is 3. The third-order valence-electron chi connectivity index (χ3n) is 6.15. The molecule has 0 bridgehead atoms. The molecule has 0 saturated heterocycles. The fraction of sp³-hybridized carbons (Fsp3) is 0.481. The maximum Gasteiger partial charge on any atom is 0.326 e. The van der Waals surface area contributed by atoms with Crippen molar-refractivity contribution in [1.82, 2.24) is 25.9 Å². The predicted molar refractivity (Wildman–Crippen MR) is 153 cm³/mol. The van der Waals surface area contributed by atoms with Gasteiger partial charge < -0.3 is 43.2 Å². The molecule has 2 rings (SSSR count). The second kappa shape index (κ2) is 16.6. The van der Waals surface area contributed by atoms with Crippen LogP contribution in [0.5, 0.6) is 0 Å².